The summed E-state index contributed by atoms with van der Waals surface area (Å²) in [5, 5.41) is 0. The summed E-state index contributed by atoms with van der Waals surface area (Å²) >= 11 is 7.14. The van der Waals surface area contributed by atoms with Crippen LogP contribution in [0.1, 0.15) is 26.2 Å². The van der Waals surface area contributed by atoms with E-state index >= 15 is 0 Å². The first kappa shape index (κ1) is 7.07. The van der Waals surface area contributed by atoms with E-state index in [4.69, 9.17) is 0 Å². The third-order valence-corrected chi connectivity index (χ3v) is 3.54. The molecule has 1 unspecified atom stereocenters. The third kappa shape index (κ3) is 1.47. The average molecular weight is 242 g/mol. The molecule has 48 valence electrons. The second-order valence-electron chi connectivity index (χ2n) is 2.45. The van der Waals surface area contributed by atoms with Gasteiger partial charge in [0.25, 0.3) is 0 Å². The first-order valence-corrected chi connectivity index (χ1v) is 4.63. The van der Waals surface area contributed by atoms with E-state index in [0.29, 0.717) is 3.23 Å². The van der Waals surface area contributed by atoms with Crippen molar-refractivity contribution < 1.29 is 0 Å². The second kappa shape index (κ2) is 2.30. The van der Waals surface area contributed by atoms with Gasteiger partial charge in [0.1, 0.15) is 0 Å². The van der Waals surface area contributed by atoms with Crippen LogP contribution in [0.5, 0.6) is 0 Å². The molecule has 0 aromatic rings. The maximum Gasteiger partial charge on any atom is 0.0837 e. The summed E-state index contributed by atoms with van der Waals surface area (Å²) in [6.07, 6.45) is 3.97. The summed E-state index contributed by atoms with van der Waals surface area (Å²) in [5.41, 5.74) is 0. The lowest BCUT2D eigenvalue weighted by molar-refractivity contribution is 0.707. The lowest BCUT2D eigenvalue weighted by Gasteiger charge is -1.94. The predicted octanol–water partition coefficient (Wildman–Crippen LogP) is 3.29. The molecule has 1 atom stereocenters. The number of alkyl halides is 2. The molecule has 8 heavy (non-hydrogen) atoms. The fourth-order valence-corrected chi connectivity index (χ4v) is 2.17. The summed E-state index contributed by atoms with van der Waals surface area (Å²) in [6, 6.07) is 0. The Morgan fingerprint density at radius 3 is 2.25 bits per heavy atom. The summed E-state index contributed by atoms with van der Waals surface area (Å²) in [7, 11) is 0. The Morgan fingerprint density at radius 1 is 1.62 bits per heavy atom. The van der Waals surface area contributed by atoms with Gasteiger partial charge in [0.05, 0.1) is 3.23 Å². The van der Waals surface area contributed by atoms with Gasteiger partial charge in [-0.15, -0.1) is 0 Å². The second-order valence-corrected chi connectivity index (χ2v) is 6.35. The maximum atomic E-state index is 3.57. The molecule has 2 heteroatoms. The first-order valence-electron chi connectivity index (χ1n) is 3.04. The van der Waals surface area contributed by atoms with Crippen LogP contribution in [0.2, 0.25) is 0 Å². The van der Waals surface area contributed by atoms with Crippen molar-refractivity contribution >= 4 is 31.9 Å². The zero-order valence-electron chi connectivity index (χ0n) is 4.95. The van der Waals surface area contributed by atoms with Crippen molar-refractivity contribution in [3.05, 3.63) is 0 Å². The van der Waals surface area contributed by atoms with Crippen molar-refractivity contribution in [3.63, 3.8) is 0 Å². The lowest BCUT2D eigenvalue weighted by Crippen LogP contribution is -1.86. The summed E-state index contributed by atoms with van der Waals surface area (Å²) < 4.78 is 0.343. The number of halogens is 2. The highest BCUT2D eigenvalue weighted by Crippen LogP contribution is 2.58. The van der Waals surface area contributed by atoms with Crippen LogP contribution >= 0.6 is 31.9 Å². The largest absolute Gasteiger partial charge is 0.0837 e. The van der Waals surface area contributed by atoms with E-state index in [-0.39, 0.29) is 0 Å². The molecule has 0 nitrogen and oxygen atoms in total. The average Bonchev–Trinajstić information content (AvgIpc) is 2.15. The molecule has 0 heterocycles. The Kier molecular flexibility index (Phi) is 2.03. The Hall–Kier alpha value is 0.960. The van der Waals surface area contributed by atoms with E-state index in [1.807, 2.05) is 0 Å². The Morgan fingerprint density at radius 2 is 2.12 bits per heavy atom. The molecule has 1 saturated carbocycles. The van der Waals surface area contributed by atoms with Gasteiger partial charge in [-0.1, -0.05) is 45.2 Å². The van der Waals surface area contributed by atoms with E-state index in [1.165, 1.54) is 19.3 Å². The van der Waals surface area contributed by atoms with Crippen LogP contribution in [0.4, 0.5) is 0 Å². The molecule has 1 rings (SSSR count). The van der Waals surface area contributed by atoms with Crippen molar-refractivity contribution in [3.8, 4) is 0 Å². The predicted molar refractivity (Wildman–Crippen MR) is 43.6 cm³/mol. The molecule has 0 aromatic heterocycles. The van der Waals surface area contributed by atoms with Crippen LogP contribution in [-0.2, 0) is 0 Å². The normalized spacial score (nSPS) is 32.6. The van der Waals surface area contributed by atoms with Gasteiger partial charge in [0.15, 0.2) is 0 Å². The van der Waals surface area contributed by atoms with Crippen molar-refractivity contribution in [1.82, 2.24) is 0 Å². The summed E-state index contributed by atoms with van der Waals surface area (Å²) in [6.45, 7) is 2.23. The fourth-order valence-electron chi connectivity index (χ4n) is 0.931. The van der Waals surface area contributed by atoms with Crippen molar-refractivity contribution in [2.45, 2.75) is 29.4 Å². The Labute approximate surface area is 67.3 Å². The smallest absolute Gasteiger partial charge is 0.0724 e. The topological polar surface area (TPSA) is 0 Å². The van der Waals surface area contributed by atoms with Gasteiger partial charge in [-0.05, 0) is 18.8 Å². The zero-order valence-corrected chi connectivity index (χ0v) is 8.13. The molecule has 0 bridgehead atoms. The quantitative estimate of drug-likeness (QED) is 0.651. The van der Waals surface area contributed by atoms with Gasteiger partial charge >= 0.3 is 0 Å². The molecular weight excluding hydrogens is 232 g/mol. The van der Waals surface area contributed by atoms with Crippen molar-refractivity contribution in [2.24, 2.45) is 5.92 Å². The zero-order chi connectivity index (χ0) is 6.20. The van der Waals surface area contributed by atoms with E-state index in [9.17, 15) is 0 Å². The summed E-state index contributed by atoms with van der Waals surface area (Å²) in [4.78, 5) is 0. The molecule has 0 amide bonds. The van der Waals surface area contributed by atoms with E-state index in [2.05, 4.69) is 38.8 Å². The first-order chi connectivity index (χ1) is 3.67. The highest BCUT2D eigenvalue weighted by atomic mass is 79.9. The molecule has 1 fully saturated rings. The number of hydrogen-bond donors (Lipinski definition) is 0. The summed E-state index contributed by atoms with van der Waals surface area (Å²) in [5.74, 6) is 0.896. The molecule has 1 aliphatic carbocycles. The highest BCUT2D eigenvalue weighted by Gasteiger charge is 2.48. The molecule has 0 radical (unpaired) electrons. The third-order valence-electron chi connectivity index (χ3n) is 1.59. The molecule has 1 aliphatic rings. The van der Waals surface area contributed by atoms with Gasteiger partial charge in [0.2, 0.25) is 0 Å². The van der Waals surface area contributed by atoms with Gasteiger partial charge in [-0.3, -0.25) is 0 Å². The lowest BCUT2D eigenvalue weighted by atomic mass is 10.2. The van der Waals surface area contributed by atoms with Gasteiger partial charge in [-0.2, -0.15) is 0 Å². The van der Waals surface area contributed by atoms with Crippen LogP contribution in [0, 0.1) is 5.92 Å². The van der Waals surface area contributed by atoms with Crippen LogP contribution in [0.25, 0.3) is 0 Å². The maximum absolute atomic E-state index is 3.57. The molecule has 0 aliphatic heterocycles. The molecule has 0 spiro atoms. The highest BCUT2D eigenvalue weighted by molar-refractivity contribution is 9.25. The standard InChI is InChI=1S/C6H10Br2/c1-2-3-5-4-6(5,7)8/h5H,2-4H2,1H3. The van der Waals surface area contributed by atoms with E-state index < -0.39 is 0 Å². The molecular formula is C6H10Br2. The number of rotatable bonds is 2. The Bertz CT molecular complexity index is 88.5. The molecule has 0 N–H and O–H groups in total. The fraction of sp³-hybridized carbons (Fsp3) is 1.00. The minimum Gasteiger partial charge on any atom is -0.0724 e. The molecule has 0 aromatic carbocycles. The van der Waals surface area contributed by atoms with Crippen molar-refractivity contribution in [2.75, 3.05) is 0 Å². The minimum absolute atomic E-state index is 0.343. The Balaban J connectivity index is 2.17. The van der Waals surface area contributed by atoms with Gasteiger partial charge in [0, 0.05) is 0 Å². The van der Waals surface area contributed by atoms with Crippen LogP contribution < -0.4 is 0 Å². The van der Waals surface area contributed by atoms with E-state index in [1.54, 1.807) is 0 Å². The SMILES string of the molecule is CCCC1CC1(Br)Br. The van der Waals surface area contributed by atoms with Crippen LogP contribution in [0.3, 0.4) is 0 Å². The van der Waals surface area contributed by atoms with Crippen LogP contribution in [-0.4, -0.2) is 3.23 Å². The monoisotopic (exact) mass is 240 g/mol. The van der Waals surface area contributed by atoms with Gasteiger partial charge < -0.3 is 0 Å². The van der Waals surface area contributed by atoms with Gasteiger partial charge in [-0.25, -0.2) is 0 Å². The molecule has 0 saturated heterocycles. The minimum atomic E-state index is 0.343. The van der Waals surface area contributed by atoms with Crippen LogP contribution in [0.15, 0.2) is 0 Å². The number of hydrogen-bond acceptors (Lipinski definition) is 0. The van der Waals surface area contributed by atoms with E-state index in [0.717, 1.165) is 5.92 Å². The van der Waals surface area contributed by atoms with Crippen molar-refractivity contribution in [1.29, 1.82) is 0 Å².